The Hall–Kier alpha value is -2.58. The molecule has 45 heavy (non-hydrogen) atoms. The summed E-state index contributed by atoms with van der Waals surface area (Å²) in [5.74, 6) is 4.05. The topological polar surface area (TPSA) is 102 Å². The van der Waals surface area contributed by atoms with Crippen molar-refractivity contribution in [1.82, 2.24) is 0 Å². The summed E-state index contributed by atoms with van der Waals surface area (Å²) in [5.41, 5.74) is 1.50. The van der Waals surface area contributed by atoms with Crippen molar-refractivity contribution in [3.63, 3.8) is 0 Å². The van der Waals surface area contributed by atoms with Crippen LogP contribution in [-0.4, -0.2) is 63.2 Å². The van der Waals surface area contributed by atoms with E-state index in [0.717, 1.165) is 64.9 Å². The lowest BCUT2D eigenvalue weighted by molar-refractivity contribution is -0.0942. The number of carbonyl (C=O) groups is 1. The highest BCUT2D eigenvalue weighted by molar-refractivity contribution is 9.10. The Bertz CT molecular complexity index is 1510. The first kappa shape index (κ1) is 35.3. The lowest BCUT2D eigenvalue weighted by Crippen LogP contribution is -2.54. The molecule has 4 unspecified atom stereocenters. The molecule has 0 bridgehead atoms. The predicted molar refractivity (Wildman–Crippen MR) is 186 cm³/mol. The number of aliphatic imine (C=N–C) groups is 1. The Labute approximate surface area is 284 Å². The molecule has 2 fully saturated rings. The summed E-state index contributed by atoms with van der Waals surface area (Å²) in [6, 6.07) is 11.4. The molecule has 0 amide bonds. The summed E-state index contributed by atoms with van der Waals surface area (Å²) in [6.07, 6.45) is 5.65. The predicted octanol–water partition coefficient (Wildman–Crippen LogP) is 8.18. The zero-order valence-corrected chi connectivity index (χ0v) is 30.8. The molecule has 0 radical (unpaired) electrons. The van der Waals surface area contributed by atoms with Gasteiger partial charge in [-0.2, -0.15) is 10.3 Å². The van der Waals surface area contributed by atoms with Crippen LogP contribution in [0.4, 0.5) is 0 Å². The maximum absolute atomic E-state index is 12.5. The van der Waals surface area contributed by atoms with Crippen LogP contribution in [0.15, 0.2) is 61.6 Å². The second-order valence-electron chi connectivity index (χ2n) is 12.8. The van der Waals surface area contributed by atoms with Gasteiger partial charge in [-0.05, 0) is 94.2 Å². The molecule has 2 spiro atoms. The number of benzene rings is 2. The summed E-state index contributed by atoms with van der Waals surface area (Å²) < 4.78 is 29.5. The molecule has 6 rings (SSSR count). The van der Waals surface area contributed by atoms with Gasteiger partial charge in [-0.1, -0.05) is 45.7 Å². The molecule has 0 aliphatic carbocycles. The van der Waals surface area contributed by atoms with Crippen LogP contribution in [0.3, 0.4) is 0 Å². The van der Waals surface area contributed by atoms with Crippen molar-refractivity contribution in [1.29, 1.82) is 5.26 Å². The second-order valence-corrected chi connectivity index (χ2v) is 19.2. The van der Waals surface area contributed by atoms with E-state index in [9.17, 15) is 4.79 Å². The normalized spacial score (nSPS) is 27.6. The largest absolute Gasteiger partial charge is 0.483 e. The summed E-state index contributed by atoms with van der Waals surface area (Å²) in [7, 11) is -1.21. The first-order valence-corrected chi connectivity index (χ1v) is 20.3. The van der Waals surface area contributed by atoms with Gasteiger partial charge in [0.05, 0.1) is 30.4 Å². The third kappa shape index (κ3) is 8.23. The lowest BCUT2D eigenvalue weighted by Gasteiger charge is -2.45. The number of ketones is 1. The zero-order valence-electron chi connectivity index (χ0n) is 26.6. The minimum Gasteiger partial charge on any atom is -0.483 e. The Balaban J connectivity index is 0.000000171. The van der Waals surface area contributed by atoms with Crippen LogP contribution in [0, 0.1) is 23.3 Å². The fourth-order valence-electron chi connectivity index (χ4n) is 6.02. The van der Waals surface area contributed by atoms with E-state index in [-0.39, 0.29) is 17.6 Å². The van der Waals surface area contributed by atoms with Gasteiger partial charge in [0, 0.05) is 33.6 Å². The van der Waals surface area contributed by atoms with E-state index in [1.807, 2.05) is 49.5 Å². The first-order valence-electron chi connectivity index (χ1n) is 15.2. The van der Waals surface area contributed by atoms with Gasteiger partial charge >= 0.3 is 0 Å². The van der Waals surface area contributed by atoms with Crippen molar-refractivity contribution in [2.24, 2.45) is 21.5 Å². The van der Waals surface area contributed by atoms with Gasteiger partial charge in [0.1, 0.15) is 22.7 Å². The van der Waals surface area contributed by atoms with Gasteiger partial charge < -0.3 is 18.9 Å². The van der Waals surface area contributed by atoms with Gasteiger partial charge in [0.25, 0.3) is 0 Å². The summed E-state index contributed by atoms with van der Waals surface area (Å²) in [4.78, 5) is 16.5. The summed E-state index contributed by atoms with van der Waals surface area (Å²) >= 11 is 6.85. The van der Waals surface area contributed by atoms with E-state index in [2.05, 4.69) is 80.5 Å². The Kier molecular flexibility index (Phi) is 11.7. The molecule has 4 aliphatic rings. The monoisotopic (exact) mass is 757 g/mol. The van der Waals surface area contributed by atoms with Crippen molar-refractivity contribution in [3.8, 4) is 17.7 Å². The lowest BCUT2D eigenvalue weighted by atomic mass is 9.76. The molecule has 2 aromatic rings. The number of hydrogen-bond donors (Lipinski definition) is 0. The smallest absolute Gasteiger partial charge is 0.205 e. The molecule has 2 aromatic carbocycles. The van der Waals surface area contributed by atoms with Crippen molar-refractivity contribution >= 4 is 57.5 Å². The fraction of sp³-hybridized carbons (Fsp3) is 0.500. The first-order chi connectivity index (χ1) is 21.3. The number of rotatable bonds is 1. The van der Waals surface area contributed by atoms with E-state index in [1.165, 1.54) is 0 Å². The van der Waals surface area contributed by atoms with Crippen molar-refractivity contribution < 1.29 is 23.7 Å². The highest BCUT2D eigenvalue weighted by atomic mass is 79.9. The molecule has 4 aliphatic heterocycles. The Morgan fingerprint density at radius 1 is 0.889 bits per heavy atom. The Morgan fingerprint density at radius 2 is 1.40 bits per heavy atom. The van der Waals surface area contributed by atoms with Gasteiger partial charge in [0.15, 0.2) is 14.0 Å². The molecule has 240 valence electrons. The molecule has 4 atom stereocenters. The van der Waals surface area contributed by atoms with Crippen LogP contribution >= 0.6 is 31.9 Å². The average Bonchev–Trinajstić information content (AvgIpc) is 3.00. The number of nitriles is 1. The number of carbonyl (C=O) groups excluding carboxylic acids is 1. The number of halogens is 2. The van der Waals surface area contributed by atoms with Crippen LogP contribution in [0.1, 0.15) is 55.5 Å². The second kappa shape index (κ2) is 14.9. The molecular formula is C34H41Br2N3O5Si. The maximum atomic E-state index is 12.5. The molecule has 4 heterocycles. The summed E-state index contributed by atoms with van der Waals surface area (Å²) in [6.45, 7) is 16.4. The molecule has 0 aromatic heterocycles. The SMILES string of the molecule is C=C=N[Si](C)(C)C.CC1C(=NC#N)c2cc(Br)ccc2OC12CCCOC2.CC1C(=O)c2cc(Br)ccc2OC12CCCOC2. The van der Waals surface area contributed by atoms with Gasteiger partial charge in [0.2, 0.25) is 6.19 Å². The zero-order chi connectivity index (χ0) is 32.8. The summed E-state index contributed by atoms with van der Waals surface area (Å²) in [5, 5.41) is 9.00. The Morgan fingerprint density at radius 3 is 1.84 bits per heavy atom. The highest BCUT2D eigenvalue weighted by Crippen LogP contribution is 2.43. The quantitative estimate of drug-likeness (QED) is 0.165. The van der Waals surface area contributed by atoms with Crippen molar-refractivity contribution in [3.05, 3.63) is 63.0 Å². The van der Waals surface area contributed by atoms with Crippen LogP contribution in [-0.2, 0) is 9.47 Å². The highest BCUT2D eigenvalue weighted by Gasteiger charge is 2.49. The molecule has 0 N–H and O–H groups in total. The molecule has 11 heteroatoms. The minimum absolute atomic E-state index is 0.0317. The van der Waals surface area contributed by atoms with Crippen molar-refractivity contribution in [2.45, 2.75) is 70.4 Å². The van der Waals surface area contributed by atoms with Crippen molar-refractivity contribution in [2.75, 3.05) is 26.4 Å². The molecule has 8 nitrogen and oxygen atoms in total. The fourth-order valence-corrected chi connectivity index (χ4v) is 7.21. The van der Waals surface area contributed by atoms with Gasteiger partial charge in [-0.15, -0.1) is 0 Å². The number of ether oxygens (including phenoxy) is 4. The minimum atomic E-state index is -1.21. The van der Waals surface area contributed by atoms with E-state index in [1.54, 1.807) is 0 Å². The van der Waals surface area contributed by atoms with Crippen LogP contribution in [0.5, 0.6) is 11.5 Å². The number of fused-ring (bicyclic) bond motifs is 2. The molecular weight excluding hydrogens is 718 g/mol. The average molecular weight is 760 g/mol. The van der Waals surface area contributed by atoms with Crippen LogP contribution < -0.4 is 9.47 Å². The van der Waals surface area contributed by atoms with Crippen LogP contribution in [0.2, 0.25) is 19.6 Å². The standard InChI is InChI=1S/C15H15BrN2O2.C14H15BrO3.C5H11NSi/c1-10-14(18-9-17)12-7-11(16)3-4-13(12)20-15(10)5-2-6-19-8-15;1-9-13(16)11-7-10(15)3-4-12(11)18-14(9)5-2-6-17-8-14;1-5-6-7(2,3)4/h3-4,7,10H,2,5-6,8H2,1H3;3-4,7,9H,2,5-6,8H2,1H3;1H2,2-4H3. The maximum Gasteiger partial charge on any atom is 0.205 e. The van der Waals surface area contributed by atoms with Crippen LogP contribution in [0.25, 0.3) is 0 Å². The van der Waals surface area contributed by atoms with Gasteiger partial charge in [-0.25, -0.2) is 0 Å². The number of nitrogens with zero attached hydrogens (tertiary/aromatic N) is 3. The van der Waals surface area contributed by atoms with E-state index < -0.39 is 19.4 Å². The third-order valence-electron chi connectivity index (χ3n) is 8.49. The molecule has 0 saturated carbocycles. The van der Waals surface area contributed by atoms with Gasteiger partial charge in [-0.3, -0.25) is 9.45 Å². The van der Waals surface area contributed by atoms with E-state index in [4.69, 9.17) is 24.2 Å². The number of hydrogen-bond acceptors (Lipinski definition) is 8. The molecule has 2 saturated heterocycles. The third-order valence-corrected chi connectivity index (χ3v) is 10.3. The van der Waals surface area contributed by atoms with E-state index in [0.29, 0.717) is 24.5 Å². The van der Waals surface area contributed by atoms with E-state index >= 15 is 0 Å². The number of Topliss-reactive ketones (excluding diaryl/α,β-unsaturated/α-hetero) is 1.